The summed E-state index contributed by atoms with van der Waals surface area (Å²) in [7, 11) is 1.64. The SMILES string of the molecule is CCn1c(-c2ccc(NC(=O)N3CCCCC3)cc2)c(C#N)c2ccc(OCCOC)cc21. The highest BCUT2D eigenvalue weighted by Crippen LogP contribution is 2.35. The standard InChI is InChI=1S/C26H30N4O3/c1-3-30-24-17-21(33-16-15-32-2)11-12-22(24)23(18-27)25(30)19-7-9-20(10-8-19)28-26(31)29-13-5-4-6-14-29/h7-12,17H,3-6,13-16H2,1-2H3,(H,28,31). The molecule has 0 atom stereocenters. The summed E-state index contributed by atoms with van der Waals surface area (Å²) in [4.78, 5) is 14.4. The van der Waals surface area contributed by atoms with Crippen LogP contribution in [0.5, 0.6) is 5.75 Å². The van der Waals surface area contributed by atoms with Gasteiger partial charge in [-0.1, -0.05) is 12.1 Å². The lowest BCUT2D eigenvalue weighted by atomic mass is 10.1. The van der Waals surface area contributed by atoms with Gasteiger partial charge in [0, 0.05) is 43.9 Å². The predicted molar refractivity (Wildman–Crippen MR) is 130 cm³/mol. The van der Waals surface area contributed by atoms with Crippen LogP contribution in [0.1, 0.15) is 31.7 Å². The topological polar surface area (TPSA) is 79.5 Å². The van der Waals surface area contributed by atoms with Crippen molar-refractivity contribution in [2.75, 3.05) is 38.7 Å². The van der Waals surface area contributed by atoms with Crippen molar-refractivity contribution < 1.29 is 14.3 Å². The van der Waals surface area contributed by atoms with Gasteiger partial charge < -0.3 is 24.3 Å². The fourth-order valence-corrected chi connectivity index (χ4v) is 4.41. The number of hydrogen-bond acceptors (Lipinski definition) is 4. The van der Waals surface area contributed by atoms with Crippen LogP contribution in [0.3, 0.4) is 0 Å². The van der Waals surface area contributed by atoms with E-state index in [9.17, 15) is 10.1 Å². The first-order chi connectivity index (χ1) is 16.2. The van der Waals surface area contributed by atoms with Crippen LogP contribution in [-0.2, 0) is 11.3 Å². The molecule has 1 N–H and O–H groups in total. The monoisotopic (exact) mass is 446 g/mol. The van der Waals surface area contributed by atoms with Crippen molar-refractivity contribution in [3.8, 4) is 23.1 Å². The van der Waals surface area contributed by atoms with Gasteiger partial charge in [0.2, 0.25) is 0 Å². The van der Waals surface area contributed by atoms with Gasteiger partial charge in [-0.3, -0.25) is 0 Å². The number of nitrogens with one attached hydrogen (secondary N) is 1. The van der Waals surface area contributed by atoms with E-state index in [0.717, 1.165) is 59.5 Å². The number of benzene rings is 2. The summed E-state index contributed by atoms with van der Waals surface area (Å²) in [6.07, 6.45) is 3.31. The molecule has 2 amide bonds. The molecule has 0 spiro atoms. The maximum Gasteiger partial charge on any atom is 0.321 e. The van der Waals surface area contributed by atoms with Gasteiger partial charge in [0.15, 0.2) is 0 Å². The number of amides is 2. The highest BCUT2D eigenvalue weighted by atomic mass is 16.5. The van der Waals surface area contributed by atoms with E-state index in [1.54, 1.807) is 7.11 Å². The number of carbonyl (C=O) groups excluding carboxylic acids is 1. The van der Waals surface area contributed by atoms with Gasteiger partial charge in [0.1, 0.15) is 18.4 Å². The minimum absolute atomic E-state index is 0.0520. The van der Waals surface area contributed by atoms with E-state index in [-0.39, 0.29) is 6.03 Å². The van der Waals surface area contributed by atoms with Gasteiger partial charge in [-0.05, 0) is 56.0 Å². The Kier molecular flexibility index (Phi) is 7.16. The molecule has 1 aliphatic heterocycles. The minimum Gasteiger partial charge on any atom is -0.491 e. The lowest BCUT2D eigenvalue weighted by molar-refractivity contribution is 0.146. The first-order valence-corrected chi connectivity index (χ1v) is 11.5. The van der Waals surface area contributed by atoms with Crippen LogP contribution < -0.4 is 10.1 Å². The Balaban J connectivity index is 1.62. The van der Waals surface area contributed by atoms with Gasteiger partial charge in [0.05, 0.1) is 23.4 Å². The summed E-state index contributed by atoms with van der Waals surface area (Å²) in [5, 5.41) is 13.9. The van der Waals surface area contributed by atoms with E-state index < -0.39 is 0 Å². The predicted octanol–water partition coefficient (Wildman–Crippen LogP) is 5.24. The average molecular weight is 447 g/mol. The molecular formula is C26H30N4O3. The lowest BCUT2D eigenvalue weighted by Gasteiger charge is -2.26. The van der Waals surface area contributed by atoms with Crippen molar-refractivity contribution in [3.63, 3.8) is 0 Å². The minimum atomic E-state index is -0.0520. The molecule has 33 heavy (non-hydrogen) atoms. The highest BCUT2D eigenvalue weighted by molar-refractivity contribution is 5.96. The van der Waals surface area contributed by atoms with E-state index in [2.05, 4.69) is 22.9 Å². The number of nitrogens with zero attached hydrogens (tertiary/aromatic N) is 3. The quantitative estimate of drug-likeness (QED) is 0.503. The second-order valence-corrected chi connectivity index (χ2v) is 8.16. The summed E-state index contributed by atoms with van der Waals surface area (Å²) in [5.41, 5.74) is 4.16. The number of anilines is 1. The number of methoxy groups -OCH3 is 1. The first-order valence-electron chi connectivity index (χ1n) is 11.5. The molecule has 0 radical (unpaired) electrons. The number of likely N-dealkylation sites (tertiary alicyclic amines) is 1. The zero-order valence-corrected chi connectivity index (χ0v) is 19.3. The van der Waals surface area contributed by atoms with Crippen LogP contribution in [0.2, 0.25) is 0 Å². The Hall–Kier alpha value is -3.50. The van der Waals surface area contributed by atoms with Crippen LogP contribution in [0.4, 0.5) is 10.5 Å². The molecule has 0 aliphatic carbocycles. The molecule has 1 fully saturated rings. The maximum atomic E-state index is 12.5. The zero-order valence-electron chi connectivity index (χ0n) is 19.3. The smallest absolute Gasteiger partial charge is 0.321 e. The van der Waals surface area contributed by atoms with E-state index in [1.807, 2.05) is 47.4 Å². The number of hydrogen-bond donors (Lipinski definition) is 1. The number of fused-ring (bicyclic) bond motifs is 1. The molecule has 4 rings (SSSR count). The van der Waals surface area contributed by atoms with Crippen molar-refractivity contribution in [1.82, 2.24) is 9.47 Å². The zero-order chi connectivity index (χ0) is 23.2. The van der Waals surface area contributed by atoms with Gasteiger partial charge >= 0.3 is 6.03 Å². The average Bonchev–Trinajstić information content (AvgIpc) is 3.18. The second-order valence-electron chi connectivity index (χ2n) is 8.16. The van der Waals surface area contributed by atoms with Crippen molar-refractivity contribution in [2.45, 2.75) is 32.7 Å². The maximum absolute atomic E-state index is 12.5. The Labute approximate surface area is 194 Å². The molecule has 0 unspecified atom stereocenters. The Morgan fingerprint density at radius 3 is 2.52 bits per heavy atom. The molecule has 7 nitrogen and oxygen atoms in total. The van der Waals surface area contributed by atoms with Crippen molar-refractivity contribution in [2.24, 2.45) is 0 Å². The van der Waals surface area contributed by atoms with E-state index >= 15 is 0 Å². The number of rotatable bonds is 7. The Morgan fingerprint density at radius 2 is 1.85 bits per heavy atom. The van der Waals surface area contributed by atoms with Crippen LogP contribution in [0, 0.1) is 11.3 Å². The molecule has 7 heteroatoms. The fourth-order valence-electron chi connectivity index (χ4n) is 4.41. The molecule has 1 saturated heterocycles. The highest BCUT2D eigenvalue weighted by Gasteiger charge is 2.20. The molecule has 1 aliphatic rings. The van der Waals surface area contributed by atoms with Crippen LogP contribution in [0.25, 0.3) is 22.2 Å². The third-order valence-corrected chi connectivity index (χ3v) is 6.07. The van der Waals surface area contributed by atoms with Gasteiger partial charge in [-0.2, -0.15) is 5.26 Å². The second kappa shape index (κ2) is 10.4. The lowest BCUT2D eigenvalue weighted by Crippen LogP contribution is -2.38. The number of aromatic nitrogens is 1. The number of piperidine rings is 1. The van der Waals surface area contributed by atoms with Crippen molar-refractivity contribution >= 4 is 22.6 Å². The number of carbonyl (C=O) groups is 1. The van der Waals surface area contributed by atoms with Gasteiger partial charge in [0.25, 0.3) is 0 Å². The number of urea groups is 1. The number of nitriles is 1. The van der Waals surface area contributed by atoms with Crippen LogP contribution in [-0.4, -0.2) is 48.9 Å². The van der Waals surface area contributed by atoms with Crippen molar-refractivity contribution in [1.29, 1.82) is 5.26 Å². The first kappa shape index (κ1) is 22.7. The van der Waals surface area contributed by atoms with E-state index in [1.165, 1.54) is 6.42 Å². The summed E-state index contributed by atoms with van der Waals surface area (Å²) in [6.45, 7) is 5.38. The third-order valence-electron chi connectivity index (χ3n) is 6.07. The largest absolute Gasteiger partial charge is 0.491 e. The van der Waals surface area contributed by atoms with Crippen LogP contribution in [0.15, 0.2) is 42.5 Å². The summed E-state index contributed by atoms with van der Waals surface area (Å²) >= 11 is 0. The number of ether oxygens (including phenoxy) is 2. The fraction of sp³-hybridized carbons (Fsp3) is 0.385. The van der Waals surface area contributed by atoms with Gasteiger partial charge in [-0.15, -0.1) is 0 Å². The molecule has 0 saturated carbocycles. The number of aryl methyl sites for hydroxylation is 1. The van der Waals surface area contributed by atoms with Gasteiger partial charge in [-0.25, -0.2) is 4.79 Å². The molecule has 0 bridgehead atoms. The molecule has 1 aromatic heterocycles. The summed E-state index contributed by atoms with van der Waals surface area (Å²) in [5.74, 6) is 0.749. The normalized spacial score (nSPS) is 13.7. The molecule has 3 aromatic rings. The molecule has 2 aromatic carbocycles. The molecule has 2 heterocycles. The molecular weight excluding hydrogens is 416 g/mol. The van der Waals surface area contributed by atoms with Crippen LogP contribution >= 0.6 is 0 Å². The van der Waals surface area contributed by atoms with E-state index in [0.29, 0.717) is 25.3 Å². The Morgan fingerprint density at radius 1 is 1.09 bits per heavy atom. The summed E-state index contributed by atoms with van der Waals surface area (Å²) in [6, 6.07) is 15.9. The summed E-state index contributed by atoms with van der Waals surface area (Å²) < 4.78 is 13.0. The molecule has 172 valence electrons. The third kappa shape index (κ3) is 4.81. The van der Waals surface area contributed by atoms with E-state index in [4.69, 9.17) is 9.47 Å². The Bertz CT molecular complexity index is 1150. The van der Waals surface area contributed by atoms with Crippen molar-refractivity contribution in [3.05, 3.63) is 48.0 Å².